The van der Waals surface area contributed by atoms with E-state index in [4.69, 9.17) is 0 Å². The van der Waals surface area contributed by atoms with Gasteiger partial charge in [0.05, 0.1) is 14.2 Å². The van der Waals surface area contributed by atoms with Gasteiger partial charge in [-0.2, -0.15) is 30.7 Å². The topological polar surface area (TPSA) is 52.6 Å². The molecule has 11 heteroatoms. The third-order valence-electron chi connectivity index (χ3n) is 2.53. The highest BCUT2D eigenvalue weighted by Gasteiger charge is 2.72. The van der Waals surface area contributed by atoms with E-state index in [9.17, 15) is 40.3 Å². The summed E-state index contributed by atoms with van der Waals surface area (Å²) < 4.78 is 95.1. The van der Waals surface area contributed by atoms with Crippen LogP contribution in [0.15, 0.2) is 0 Å². The van der Waals surface area contributed by atoms with Crippen molar-refractivity contribution in [3.63, 3.8) is 0 Å². The van der Waals surface area contributed by atoms with Gasteiger partial charge in [0.2, 0.25) is 0 Å². The van der Waals surface area contributed by atoms with Crippen molar-refractivity contribution in [1.82, 2.24) is 0 Å². The van der Waals surface area contributed by atoms with Gasteiger partial charge in [-0.25, -0.2) is 0 Å². The summed E-state index contributed by atoms with van der Waals surface area (Å²) in [6.45, 7) is 0. The van der Waals surface area contributed by atoms with Gasteiger partial charge in [-0.1, -0.05) is 0 Å². The number of hydrogen-bond acceptors (Lipinski definition) is 4. The summed E-state index contributed by atoms with van der Waals surface area (Å²) in [5, 5.41) is 0. The summed E-state index contributed by atoms with van der Waals surface area (Å²) in [6.07, 6.45) is -9.82. The van der Waals surface area contributed by atoms with E-state index in [2.05, 4.69) is 9.47 Å². The molecule has 0 saturated carbocycles. The summed E-state index contributed by atoms with van der Waals surface area (Å²) in [4.78, 5) is 22.2. The first-order valence-electron chi connectivity index (χ1n) is 5.30. The van der Waals surface area contributed by atoms with Crippen molar-refractivity contribution in [2.24, 2.45) is 5.92 Å². The fourth-order valence-corrected chi connectivity index (χ4v) is 1.31. The molecule has 0 radical (unpaired) electrons. The first-order chi connectivity index (χ1) is 9.31. The predicted molar refractivity (Wildman–Crippen MR) is 52.7 cm³/mol. The number of carbonyl (C=O) groups is 2. The maximum absolute atomic E-state index is 13.0. The van der Waals surface area contributed by atoms with Crippen molar-refractivity contribution < 1.29 is 49.8 Å². The maximum Gasteiger partial charge on any atom is 0.459 e. The average molecular weight is 328 g/mol. The Bertz CT molecular complexity index is 375. The summed E-state index contributed by atoms with van der Waals surface area (Å²) >= 11 is 0. The zero-order chi connectivity index (χ0) is 17.1. The number of halogens is 7. The lowest BCUT2D eigenvalue weighted by Crippen LogP contribution is -2.52. The summed E-state index contributed by atoms with van der Waals surface area (Å²) in [6, 6.07) is 0. The van der Waals surface area contributed by atoms with E-state index in [1.807, 2.05) is 0 Å². The minimum atomic E-state index is -6.47. The molecule has 0 aromatic heterocycles. The number of esters is 2. The number of carbonyl (C=O) groups excluding carboxylic acids is 2. The average Bonchev–Trinajstić information content (AvgIpc) is 2.36. The molecule has 4 nitrogen and oxygen atoms in total. The van der Waals surface area contributed by atoms with Gasteiger partial charge < -0.3 is 9.47 Å². The Kier molecular flexibility index (Phi) is 6.00. The fraction of sp³-hybridized carbons (Fsp3) is 0.800. The molecule has 0 fully saturated rings. The van der Waals surface area contributed by atoms with Gasteiger partial charge in [0, 0.05) is 6.42 Å². The minimum Gasteiger partial charge on any atom is -0.468 e. The van der Waals surface area contributed by atoms with Gasteiger partial charge in [-0.05, 0) is 6.42 Å². The SMILES string of the molecule is COC(=O)C(CCC(F)(F)C(F)(F)C(F)(F)F)C(=O)OC. The van der Waals surface area contributed by atoms with E-state index in [-0.39, 0.29) is 0 Å². The van der Waals surface area contributed by atoms with Crippen LogP contribution in [0.25, 0.3) is 0 Å². The molecular weight excluding hydrogens is 317 g/mol. The van der Waals surface area contributed by atoms with Gasteiger partial charge >= 0.3 is 30.0 Å². The Labute approximate surface area is 114 Å². The van der Waals surface area contributed by atoms with Crippen LogP contribution in [0, 0.1) is 5.92 Å². The molecule has 0 atom stereocenters. The Morgan fingerprint density at radius 3 is 1.57 bits per heavy atom. The lowest BCUT2D eigenvalue weighted by molar-refractivity contribution is -0.355. The van der Waals surface area contributed by atoms with Crippen LogP contribution in [0.1, 0.15) is 12.8 Å². The highest BCUT2D eigenvalue weighted by Crippen LogP contribution is 2.48. The first-order valence-corrected chi connectivity index (χ1v) is 5.30. The molecule has 0 spiro atoms. The summed E-state index contributed by atoms with van der Waals surface area (Å²) in [5.41, 5.74) is 0. The molecule has 0 rings (SSSR count). The normalized spacial score (nSPS) is 13.2. The standard InChI is InChI=1S/C10H11F7O4/c1-20-6(18)5(7(19)21-2)3-4-8(11,12)9(13,14)10(15,16)17/h5H,3-4H2,1-2H3. The van der Waals surface area contributed by atoms with Gasteiger partial charge in [-0.3, -0.25) is 9.59 Å². The second-order valence-corrected chi connectivity index (χ2v) is 3.91. The Morgan fingerprint density at radius 1 is 0.905 bits per heavy atom. The van der Waals surface area contributed by atoms with Crippen LogP contribution >= 0.6 is 0 Å². The van der Waals surface area contributed by atoms with Gasteiger partial charge in [0.15, 0.2) is 5.92 Å². The van der Waals surface area contributed by atoms with Crippen molar-refractivity contribution in [2.45, 2.75) is 30.9 Å². The molecule has 0 aliphatic heterocycles. The van der Waals surface area contributed by atoms with Crippen LogP contribution < -0.4 is 0 Å². The Morgan fingerprint density at radius 2 is 1.29 bits per heavy atom. The van der Waals surface area contributed by atoms with Crippen LogP contribution in [-0.4, -0.2) is 44.2 Å². The predicted octanol–water partition coefficient (Wildman–Crippen LogP) is 2.56. The van der Waals surface area contributed by atoms with Gasteiger partial charge in [0.1, 0.15) is 0 Å². The van der Waals surface area contributed by atoms with Crippen molar-refractivity contribution in [1.29, 1.82) is 0 Å². The largest absolute Gasteiger partial charge is 0.468 e. The highest BCUT2D eigenvalue weighted by molar-refractivity contribution is 5.94. The van der Waals surface area contributed by atoms with E-state index in [0.717, 1.165) is 14.2 Å². The van der Waals surface area contributed by atoms with Crippen molar-refractivity contribution in [3.05, 3.63) is 0 Å². The Hall–Kier alpha value is -1.55. The van der Waals surface area contributed by atoms with Crippen molar-refractivity contribution in [3.8, 4) is 0 Å². The lowest BCUT2D eigenvalue weighted by atomic mass is 9.97. The van der Waals surface area contributed by atoms with E-state index >= 15 is 0 Å². The molecule has 124 valence electrons. The zero-order valence-electron chi connectivity index (χ0n) is 10.8. The monoisotopic (exact) mass is 328 g/mol. The Balaban J connectivity index is 5.10. The quantitative estimate of drug-likeness (QED) is 0.427. The van der Waals surface area contributed by atoms with Gasteiger partial charge in [-0.15, -0.1) is 0 Å². The first kappa shape index (κ1) is 19.4. The molecule has 0 aliphatic carbocycles. The van der Waals surface area contributed by atoms with Crippen LogP contribution in [0.4, 0.5) is 30.7 Å². The molecular formula is C10H11F7O4. The third-order valence-corrected chi connectivity index (χ3v) is 2.53. The van der Waals surface area contributed by atoms with Crippen LogP contribution in [0.3, 0.4) is 0 Å². The zero-order valence-corrected chi connectivity index (χ0v) is 10.8. The van der Waals surface area contributed by atoms with E-state index in [1.54, 1.807) is 0 Å². The van der Waals surface area contributed by atoms with Crippen molar-refractivity contribution in [2.75, 3.05) is 14.2 Å². The van der Waals surface area contributed by atoms with Crippen LogP contribution in [-0.2, 0) is 19.1 Å². The van der Waals surface area contributed by atoms with E-state index < -0.39 is 48.7 Å². The van der Waals surface area contributed by atoms with E-state index in [1.165, 1.54) is 0 Å². The third kappa shape index (κ3) is 4.21. The molecule has 0 aromatic rings. The molecule has 0 N–H and O–H groups in total. The molecule has 0 aliphatic rings. The van der Waals surface area contributed by atoms with Crippen LogP contribution in [0.5, 0.6) is 0 Å². The minimum absolute atomic E-state index is 0.779. The van der Waals surface area contributed by atoms with E-state index in [0.29, 0.717) is 0 Å². The number of methoxy groups -OCH3 is 2. The molecule has 0 aromatic carbocycles. The fourth-order valence-electron chi connectivity index (χ4n) is 1.31. The summed E-state index contributed by atoms with van der Waals surface area (Å²) in [7, 11) is 1.56. The molecule has 0 bridgehead atoms. The second kappa shape index (κ2) is 6.48. The summed E-state index contributed by atoms with van der Waals surface area (Å²) in [5.74, 6) is -16.6. The van der Waals surface area contributed by atoms with Gasteiger partial charge in [0.25, 0.3) is 0 Å². The molecule has 21 heavy (non-hydrogen) atoms. The molecule has 0 amide bonds. The highest BCUT2D eigenvalue weighted by atomic mass is 19.4. The molecule has 0 unspecified atom stereocenters. The molecule has 0 heterocycles. The maximum atomic E-state index is 13.0. The number of alkyl halides is 7. The van der Waals surface area contributed by atoms with Crippen LogP contribution in [0.2, 0.25) is 0 Å². The lowest BCUT2D eigenvalue weighted by Gasteiger charge is -2.28. The number of ether oxygens (including phenoxy) is 2. The van der Waals surface area contributed by atoms with Crippen molar-refractivity contribution >= 4 is 11.9 Å². The number of hydrogen-bond donors (Lipinski definition) is 0. The second-order valence-electron chi connectivity index (χ2n) is 3.91. The number of rotatable bonds is 6. The smallest absolute Gasteiger partial charge is 0.459 e. The molecule has 0 saturated heterocycles.